The Balaban J connectivity index is 0.000000914. The van der Waals surface area contributed by atoms with Gasteiger partial charge in [0, 0.05) is 46.8 Å². The summed E-state index contributed by atoms with van der Waals surface area (Å²) in [6.07, 6.45) is 1.85. The molecule has 2 heterocycles. The number of nitrogens with zero attached hydrogens (tertiary/aromatic N) is 3. The van der Waals surface area contributed by atoms with Crippen molar-refractivity contribution in [3.05, 3.63) is 59.8 Å². The minimum Gasteiger partial charge on any atom is -0.399 e. The van der Waals surface area contributed by atoms with Crippen LogP contribution in [0.5, 0.6) is 0 Å². The molecule has 0 atom stereocenters. The monoisotopic (exact) mass is 467 g/mol. The maximum atomic E-state index is 5.86. The number of ether oxygens (including phenoxy) is 1. The zero-order valence-electron chi connectivity index (χ0n) is 20.7. The molecule has 0 spiro atoms. The van der Waals surface area contributed by atoms with Crippen molar-refractivity contribution in [2.24, 2.45) is 0 Å². The predicted octanol–water partition coefficient (Wildman–Crippen LogP) is 6.46. The van der Waals surface area contributed by atoms with Crippen LogP contribution in [0.2, 0.25) is 0 Å². The standard InChI is InChI=1S/C22H25N5OS.2C2H6/c1-15-13-17(23)3-8-20(15)29-21-16(2)14-24-22(26-21)25-18-4-6-19(7-5-18)27-9-11-28-12-10-27;2*1-2/h3-8,13-14H,9-12,23H2,1-2H3,(H,24,25,26);2*1-2H3. The minimum absolute atomic E-state index is 0.588. The second-order valence-electron chi connectivity index (χ2n) is 7.08. The lowest BCUT2D eigenvalue weighted by molar-refractivity contribution is 0.122. The van der Waals surface area contributed by atoms with Gasteiger partial charge in [-0.05, 0) is 61.9 Å². The van der Waals surface area contributed by atoms with Gasteiger partial charge in [-0.2, -0.15) is 0 Å². The van der Waals surface area contributed by atoms with Gasteiger partial charge in [0.2, 0.25) is 5.95 Å². The summed E-state index contributed by atoms with van der Waals surface area (Å²) in [5.41, 5.74) is 11.0. The molecule has 178 valence electrons. The first-order chi connectivity index (χ1) is 16.1. The maximum Gasteiger partial charge on any atom is 0.228 e. The van der Waals surface area contributed by atoms with Crippen molar-refractivity contribution in [3.63, 3.8) is 0 Å². The van der Waals surface area contributed by atoms with Gasteiger partial charge in [0.1, 0.15) is 5.03 Å². The molecule has 0 aliphatic carbocycles. The number of nitrogens with two attached hydrogens (primary N) is 1. The van der Waals surface area contributed by atoms with Crippen molar-refractivity contribution >= 4 is 34.8 Å². The summed E-state index contributed by atoms with van der Waals surface area (Å²) in [5.74, 6) is 0.588. The smallest absolute Gasteiger partial charge is 0.228 e. The third kappa shape index (κ3) is 7.65. The molecule has 2 aromatic carbocycles. The van der Waals surface area contributed by atoms with Gasteiger partial charge in [-0.15, -0.1) is 0 Å². The number of morpholine rings is 1. The first-order valence-electron chi connectivity index (χ1n) is 11.7. The van der Waals surface area contributed by atoms with Crippen LogP contribution in [0.25, 0.3) is 0 Å². The molecule has 0 unspecified atom stereocenters. The molecule has 1 aromatic heterocycles. The summed E-state index contributed by atoms with van der Waals surface area (Å²) in [6.45, 7) is 15.5. The minimum atomic E-state index is 0.588. The summed E-state index contributed by atoms with van der Waals surface area (Å²) < 4.78 is 5.42. The molecular weight excluding hydrogens is 430 g/mol. The van der Waals surface area contributed by atoms with Gasteiger partial charge >= 0.3 is 0 Å². The van der Waals surface area contributed by atoms with Crippen LogP contribution in [0.4, 0.5) is 23.0 Å². The van der Waals surface area contributed by atoms with E-state index in [1.165, 1.54) is 5.69 Å². The van der Waals surface area contributed by atoms with Gasteiger partial charge in [-0.3, -0.25) is 0 Å². The number of anilines is 4. The van der Waals surface area contributed by atoms with E-state index in [4.69, 9.17) is 15.5 Å². The fourth-order valence-electron chi connectivity index (χ4n) is 3.19. The number of nitrogens with one attached hydrogen (secondary N) is 1. The van der Waals surface area contributed by atoms with Crippen LogP contribution in [0, 0.1) is 13.8 Å². The lowest BCUT2D eigenvalue weighted by Crippen LogP contribution is -2.36. The Bertz CT molecular complexity index is 988. The molecule has 6 nitrogen and oxygen atoms in total. The fraction of sp³-hybridized carbons (Fsp3) is 0.385. The third-order valence-corrected chi connectivity index (χ3v) is 6.12. The van der Waals surface area contributed by atoms with E-state index in [-0.39, 0.29) is 0 Å². The molecule has 7 heteroatoms. The molecule has 33 heavy (non-hydrogen) atoms. The predicted molar refractivity (Wildman–Crippen MR) is 142 cm³/mol. The molecular formula is C26H37N5OS. The van der Waals surface area contributed by atoms with E-state index in [0.29, 0.717) is 5.95 Å². The highest BCUT2D eigenvalue weighted by atomic mass is 32.2. The van der Waals surface area contributed by atoms with Crippen LogP contribution >= 0.6 is 11.8 Å². The second kappa shape index (κ2) is 13.7. The van der Waals surface area contributed by atoms with Crippen LogP contribution in [0.15, 0.2) is 58.6 Å². The first kappa shape index (κ1) is 26.5. The SMILES string of the molecule is CC.CC.Cc1cc(N)ccc1Sc1nc(Nc2ccc(N3CCOCC3)cc2)ncc1C. The van der Waals surface area contributed by atoms with E-state index < -0.39 is 0 Å². The number of hydrogen-bond donors (Lipinski definition) is 2. The molecule has 0 saturated carbocycles. The van der Waals surface area contributed by atoms with Crippen molar-refractivity contribution < 1.29 is 4.74 Å². The van der Waals surface area contributed by atoms with E-state index in [2.05, 4.69) is 46.4 Å². The summed E-state index contributed by atoms with van der Waals surface area (Å²) in [5, 5.41) is 4.24. The zero-order chi connectivity index (χ0) is 24.2. The molecule has 1 aliphatic heterocycles. The van der Waals surface area contributed by atoms with Crippen molar-refractivity contribution in [2.75, 3.05) is 42.3 Å². The molecule has 0 bridgehead atoms. The van der Waals surface area contributed by atoms with Crippen LogP contribution in [0.3, 0.4) is 0 Å². The average molecular weight is 468 g/mol. The van der Waals surface area contributed by atoms with E-state index in [0.717, 1.165) is 58.7 Å². The lowest BCUT2D eigenvalue weighted by Gasteiger charge is -2.28. The maximum absolute atomic E-state index is 5.86. The Morgan fingerprint density at radius 2 is 1.61 bits per heavy atom. The zero-order valence-corrected chi connectivity index (χ0v) is 21.5. The van der Waals surface area contributed by atoms with E-state index in [9.17, 15) is 0 Å². The summed E-state index contributed by atoms with van der Waals surface area (Å²) >= 11 is 1.63. The molecule has 0 radical (unpaired) electrons. The highest BCUT2D eigenvalue weighted by molar-refractivity contribution is 7.99. The molecule has 1 aliphatic rings. The number of aryl methyl sites for hydroxylation is 2. The number of hydrogen-bond acceptors (Lipinski definition) is 7. The van der Waals surface area contributed by atoms with Gasteiger partial charge in [-0.1, -0.05) is 39.5 Å². The lowest BCUT2D eigenvalue weighted by atomic mass is 10.2. The van der Waals surface area contributed by atoms with Crippen molar-refractivity contribution in [1.82, 2.24) is 9.97 Å². The van der Waals surface area contributed by atoms with Crippen LogP contribution in [-0.4, -0.2) is 36.3 Å². The van der Waals surface area contributed by atoms with Crippen LogP contribution in [0.1, 0.15) is 38.8 Å². The summed E-state index contributed by atoms with van der Waals surface area (Å²) in [7, 11) is 0. The van der Waals surface area contributed by atoms with Gasteiger partial charge < -0.3 is 20.7 Å². The molecule has 3 aromatic rings. The van der Waals surface area contributed by atoms with Crippen LogP contribution < -0.4 is 16.0 Å². The molecule has 1 fully saturated rings. The average Bonchev–Trinajstić information content (AvgIpc) is 2.86. The molecule has 0 amide bonds. The Kier molecular flexibility index (Phi) is 11.0. The quantitative estimate of drug-likeness (QED) is 0.329. The topological polar surface area (TPSA) is 76.3 Å². The van der Waals surface area contributed by atoms with Gasteiger partial charge in [0.25, 0.3) is 0 Å². The molecule has 3 N–H and O–H groups in total. The highest BCUT2D eigenvalue weighted by Gasteiger charge is 2.12. The number of nitrogen functional groups attached to an aromatic ring is 1. The Labute approximate surface area is 203 Å². The van der Waals surface area contributed by atoms with Gasteiger partial charge in [0.15, 0.2) is 0 Å². The number of benzene rings is 2. The second-order valence-corrected chi connectivity index (χ2v) is 8.11. The fourth-order valence-corrected chi connectivity index (χ4v) is 4.10. The highest BCUT2D eigenvalue weighted by Crippen LogP contribution is 2.32. The largest absolute Gasteiger partial charge is 0.399 e. The van der Waals surface area contributed by atoms with Crippen molar-refractivity contribution in [1.29, 1.82) is 0 Å². The van der Waals surface area contributed by atoms with Crippen molar-refractivity contribution in [2.45, 2.75) is 51.5 Å². The summed E-state index contributed by atoms with van der Waals surface area (Å²) in [4.78, 5) is 12.6. The Morgan fingerprint density at radius 1 is 0.939 bits per heavy atom. The Hall–Kier alpha value is -2.77. The number of aromatic nitrogens is 2. The van der Waals surface area contributed by atoms with Gasteiger partial charge in [-0.25, -0.2) is 9.97 Å². The molecule has 4 rings (SSSR count). The third-order valence-electron chi connectivity index (χ3n) is 4.83. The van der Waals surface area contributed by atoms with Crippen molar-refractivity contribution in [3.8, 4) is 0 Å². The number of rotatable bonds is 5. The van der Waals surface area contributed by atoms with E-state index >= 15 is 0 Å². The van der Waals surface area contributed by atoms with Crippen LogP contribution in [-0.2, 0) is 4.74 Å². The molecule has 1 saturated heterocycles. The van der Waals surface area contributed by atoms with E-state index in [1.807, 2.05) is 59.0 Å². The van der Waals surface area contributed by atoms with Gasteiger partial charge in [0.05, 0.1) is 13.2 Å². The Morgan fingerprint density at radius 3 is 2.24 bits per heavy atom. The normalized spacial score (nSPS) is 12.7. The first-order valence-corrected chi connectivity index (χ1v) is 12.5. The summed E-state index contributed by atoms with van der Waals surface area (Å²) in [6, 6.07) is 14.3. The van der Waals surface area contributed by atoms with E-state index in [1.54, 1.807) is 11.8 Å².